The van der Waals surface area contributed by atoms with Crippen molar-refractivity contribution in [1.82, 2.24) is 0 Å². The summed E-state index contributed by atoms with van der Waals surface area (Å²) in [7, 11) is 0. The number of hydrogen-bond donors (Lipinski definition) is 1. The average molecular weight is 356 g/mol. The van der Waals surface area contributed by atoms with E-state index in [1.807, 2.05) is 24.3 Å². The molecule has 0 spiro atoms. The molecule has 6 heteroatoms. The van der Waals surface area contributed by atoms with Crippen molar-refractivity contribution in [2.45, 2.75) is 19.3 Å². The van der Waals surface area contributed by atoms with E-state index < -0.39 is 0 Å². The second-order valence-corrected chi connectivity index (χ2v) is 7.55. The van der Waals surface area contributed by atoms with Crippen molar-refractivity contribution >= 4 is 39.8 Å². The zero-order valence-electron chi connectivity index (χ0n) is 13.0. The number of carbonyl (C=O) groups is 2. The molecule has 1 aliphatic rings. The molecule has 4 nitrogen and oxygen atoms in total. The first-order valence-electron chi connectivity index (χ1n) is 7.69. The van der Waals surface area contributed by atoms with Gasteiger partial charge in [0.2, 0.25) is 5.91 Å². The Labute approximate surface area is 148 Å². The number of hydrogen-bond acceptors (Lipinski definition) is 5. The first-order valence-corrected chi connectivity index (χ1v) is 9.66. The van der Waals surface area contributed by atoms with Gasteiger partial charge in [0.1, 0.15) is 5.00 Å². The smallest absolute Gasteiger partial charge is 0.235 e. The van der Waals surface area contributed by atoms with Crippen LogP contribution < -0.4 is 5.32 Å². The normalized spacial score (nSPS) is 12.5. The number of anilines is 1. The van der Waals surface area contributed by atoms with Gasteiger partial charge in [0, 0.05) is 10.4 Å². The van der Waals surface area contributed by atoms with Gasteiger partial charge in [-0.15, -0.1) is 23.1 Å². The minimum Gasteiger partial charge on any atom is -0.316 e. The van der Waals surface area contributed by atoms with Crippen molar-refractivity contribution in [2.24, 2.45) is 0 Å². The molecule has 0 atom stereocenters. The number of ketones is 1. The molecule has 24 heavy (non-hydrogen) atoms. The zero-order valence-corrected chi connectivity index (χ0v) is 14.6. The molecule has 0 bridgehead atoms. The zero-order chi connectivity index (χ0) is 16.9. The molecule has 0 unspecified atom stereocenters. The van der Waals surface area contributed by atoms with E-state index in [2.05, 4.69) is 5.32 Å². The van der Waals surface area contributed by atoms with E-state index in [1.54, 1.807) is 12.1 Å². The predicted octanol–water partition coefficient (Wildman–Crippen LogP) is 3.66. The largest absolute Gasteiger partial charge is 0.316 e. The van der Waals surface area contributed by atoms with Gasteiger partial charge in [0.25, 0.3) is 0 Å². The summed E-state index contributed by atoms with van der Waals surface area (Å²) in [6, 6.07) is 11.2. The van der Waals surface area contributed by atoms with E-state index in [4.69, 9.17) is 5.26 Å². The SMILES string of the molecule is N#CCSCC(=O)Nc1sc2c(c1C(=O)c1ccccc1)CCC2. The fourth-order valence-corrected chi connectivity index (χ4v) is 4.57. The van der Waals surface area contributed by atoms with E-state index in [0.717, 1.165) is 24.8 Å². The van der Waals surface area contributed by atoms with Gasteiger partial charge in [0.05, 0.1) is 23.1 Å². The number of amides is 1. The van der Waals surface area contributed by atoms with Crippen LogP contribution in [0.1, 0.15) is 32.8 Å². The molecule has 2 aromatic rings. The molecule has 3 rings (SSSR count). The molecule has 122 valence electrons. The van der Waals surface area contributed by atoms with Crippen molar-refractivity contribution in [1.29, 1.82) is 5.26 Å². The highest BCUT2D eigenvalue weighted by Gasteiger charge is 2.27. The maximum absolute atomic E-state index is 12.9. The monoisotopic (exact) mass is 356 g/mol. The lowest BCUT2D eigenvalue weighted by atomic mass is 10.0. The molecule has 1 N–H and O–H groups in total. The molecule has 0 radical (unpaired) electrons. The molecule has 1 aliphatic carbocycles. The third-order valence-electron chi connectivity index (χ3n) is 3.84. The van der Waals surface area contributed by atoms with Gasteiger partial charge in [-0.25, -0.2) is 0 Å². The Morgan fingerprint density at radius 2 is 2.04 bits per heavy atom. The summed E-state index contributed by atoms with van der Waals surface area (Å²) in [6.07, 6.45) is 2.91. The van der Waals surface area contributed by atoms with Crippen LogP contribution in [0.5, 0.6) is 0 Å². The maximum atomic E-state index is 12.9. The Balaban J connectivity index is 1.87. The van der Waals surface area contributed by atoms with Gasteiger partial charge < -0.3 is 5.32 Å². The molecule has 1 heterocycles. The van der Waals surface area contributed by atoms with Gasteiger partial charge in [-0.05, 0) is 24.8 Å². The van der Waals surface area contributed by atoms with E-state index in [1.165, 1.54) is 28.0 Å². The second kappa shape index (κ2) is 7.65. The topological polar surface area (TPSA) is 70.0 Å². The summed E-state index contributed by atoms with van der Waals surface area (Å²) >= 11 is 2.78. The molecular formula is C18H16N2O2S2. The number of fused-ring (bicyclic) bond motifs is 1. The van der Waals surface area contributed by atoms with E-state index >= 15 is 0 Å². The molecule has 1 aromatic heterocycles. The Morgan fingerprint density at radius 1 is 1.25 bits per heavy atom. The van der Waals surface area contributed by atoms with Crippen LogP contribution in [0.3, 0.4) is 0 Å². The number of thiophene rings is 1. The number of aryl methyl sites for hydroxylation is 1. The van der Waals surface area contributed by atoms with Gasteiger partial charge in [-0.3, -0.25) is 9.59 Å². The highest BCUT2D eigenvalue weighted by molar-refractivity contribution is 8.00. The van der Waals surface area contributed by atoms with Crippen LogP contribution in [0.4, 0.5) is 5.00 Å². The molecule has 0 saturated heterocycles. The van der Waals surface area contributed by atoms with Crippen molar-refractivity contribution < 1.29 is 9.59 Å². The summed E-state index contributed by atoms with van der Waals surface area (Å²) in [5.41, 5.74) is 2.38. The lowest BCUT2D eigenvalue weighted by molar-refractivity contribution is -0.113. The summed E-state index contributed by atoms with van der Waals surface area (Å²) in [6.45, 7) is 0. The lowest BCUT2D eigenvalue weighted by Crippen LogP contribution is -2.16. The molecular weight excluding hydrogens is 340 g/mol. The van der Waals surface area contributed by atoms with Crippen LogP contribution in [0.2, 0.25) is 0 Å². The molecule has 1 aromatic carbocycles. The summed E-state index contributed by atoms with van der Waals surface area (Å²) in [5.74, 6) is 0.298. The highest BCUT2D eigenvalue weighted by Crippen LogP contribution is 2.40. The Bertz CT molecular complexity index is 806. The quantitative estimate of drug-likeness (QED) is 0.633. The van der Waals surface area contributed by atoms with E-state index in [0.29, 0.717) is 16.1 Å². The summed E-state index contributed by atoms with van der Waals surface area (Å²) < 4.78 is 0. The minimum atomic E-state index is -0.169. The van der Waals surface area contributed by atoms with Gasteiger partial charge in [-0.2, -0.15) is 5.26 Å². The number of nitrogens with one attached hydrogen (secondary N) is 1. The first kappa shape index (κ1) is 16.7. The van der Waals surface area contributed by atoms with Gasteiger partial charge >= 0.3 is 0 Å². The Kier molecular flexibility index (Phi) is 5.34. The number of benzene rings is 1. The van der Waals surface area contributed by atoms with Crippen LogP contribution in [0.15, 0.2) is 30.3 Å². The highest BCUT2D eigenvalue weighted by atomic mass is 32.2. The van der Waals surface area contributed by atoms with Crippen LogP contribution in [-0.2, 0) is 17.6 Å². The van der Waals surface area contributed by atoms with Crippen molar-refractivity contribution in [3.05, 3.63) is 51.9 Å². The number of nitriles is 1. The Hall–Kier alpha value is -2.10. The predicted molar refractivity (Wildman–Crippen MR) is 97.8 cm³/mol. The summed E-state index contributed by atoms with van der Waals surface area (Å²) in [4.78, 5) is 26.2. The van der Waals surface area contributed by atoms with Crippen molar-refractivity contribution in [3.63, 3.8) is 0 Å². The molecule has 0 aliphatic heterocycles. The fraction of sp³-hybridized carbons (Fsp3) is 0.278. The second-order valence-electron chi connectivity index (χ2n) is 5.46. The van der Waals surface area contributed by atoms with Crippen molar-refractivity contribution in [3.8, 4) is 6.07 Å². The van der Waals surface area contributed by atoms with Gasteiger partial charge in [-0.1, -0.05) is 30.3 Å². The molecule has 0 fully saturated rings. The minimum absolute atomic E-state index is 0.0324. The van der Waals surface area contributed by atoms with Crippen molar-refractivity contribution in [2.75, 3.05) is 16.8 Å². The number of carbonyl (C=O) groups excluding carboxylic acids is 2. The fourth-order valence-electron chi connectivity index (χ4n) is 2.82. The Morgan fingerprint density at radius 3 is 2.79 bits per heavy atom. The average Bonchev–Trinajstić information content (AvgIpc) is 3.16. The number of thioether (sulfide) groups is 1. The van der Waals surface area contributed by atoms with E-state index in [-0.39, 0.29) is 23.2 Å². The lowest BCUT2D eigenvalue weighted by Gasteiger charge is -2.07. The van der Waals surface area contributed by atoms with Crippen LogP contribution in [-0.4, -0.2) is 23.2 Å². The van der Waals surface area contributed by atoms with Gasteiger partial charge in [0.15, 0.2) is 5.78 Å². The standard InChI is InChI=1S/C18H16N2O2S2/c19-9-10-23-11-15(21)20-18-16(13-7-4-8-14(13)24-18)17(22)12-5-2-1-3-6-12/h1-3,5-6H,4,7-8,10-11H2,(H,20,21). The molecule has 0 saturated carbocycles. The number of nitrogens with zero attached hydrogens (tertiary/aromatic N) is 1. The third kappa shape index (κ3) is 3.53. The van der Waals surface area contributed by atoms with Crippen LogP contribution in [0, 0.1) is 11.3 Å². The summed E-state index contributed by atoms with van der Waals surface area (Å²) in [5, 5.41) is 12.1. The van der Waals surface area contributed by atoms with Crippen LogP contribution >= 0.6 is 23.1 Å². The first-order chi connectivity index (χ1) is 11.7. The third-order valence-corrected chi connectivity index (χ3v) is 5.84. The maximum Gasteiger partial charge on any atom is 0.235 e. The number of rotatable bonds is 6. The molecule has 1 amide bonds. The van der Waals surface area contributed by atoms with Crippen LogP contribution in [0.25, 0.3) is 0 Å². The van der Waals surface area contributed by atoms with E-state index in [9.17, 15) is 9.59 Å².